The average molecular weight is 407 g/mol. The zero-order chi connectivity index (χ0) is 21.8. The van der Waals surface area contributed by atoms with Gasteiger partial charge in [-0.25, -0.2) is 4.79 Å². The molecule has 0 aliphatic carbocycles. The highest BCUT2D eigenvalue weighted by molar-refractivity contribution is 5.93. The number of aryl methyl sites for hydroxylation is 2. The molecule has 5 heteroatoms. The normalized spacial score (nSPS) is 11.4. The molecule has 0 atom stereocenters. The van der Waals surface area contributed by atoms with Crippen LogP contribution in [-0.4, -0.2) is 24.4 Å². The number of nitrogens with one attached hydrogen (secondary N) is 1. The van der Waals surface area contributed by atoms with Crippen LogP contribution in [0.25, 0.3) is 11.0 Å². The first-order valence-corrected chi connectivity index (χ1v) is 10.4. The number of para-hydroxylation sites is 1. The predicted molar refractivity (Wildman–Crippen MR) is 122 cm³/mol. The van der Waals surface area contributed by atoms with Gasteiger partial charge in [0.2, 0.25) is 5.91 Å². The SMILES string of the molecule is CCc1ccccc1NC(=O)CN(C)Cc1cc(=O)oc2cc(C)c(C(C)C)cc12. The van der Waals surface area contributed by atoms with Crippen LogP contribution < -0.4 is 10.9 Å². The highest BCUT2D eigenvalue weighted by atomic mass is 16.4. The van der Waals surface area contributed by atoms with Crippen molar-refractivity contribution in [2.24, 2.45) is 0 Å². The Labute approximate surface area is 177 Å². The topological polar surface area (TPSA) is 62.6 Å². The van der Waals surface area contributed by atoms with E-state index >= 15 is 0 Å². The first-order valence-electron chi connectivity index (χ1n) is 10.4. The van der Waals surface area contributed by atoms with Gasteiger partial charge < -0.3 is 9.73 Å². The molecule has 0 unspecified atom stereocenters. The summed E-state index contributed by atoms with van der Waals surface area (Å²) in [4.78, 5) is 26.6. The van der Waals surface area contributed by atoms with Gasteiger partial charge >= 0.3 is 5.63 Å². The molecule has 0 saturated heterocycles. The fourth-order valence-electron chi connectivity index (χ4n) is 3.88. The van der Waals surface area contributed by atoms with Crippen molar-refractivity contribution in [2.75, 3.05) is 18.9 Å². The number of amides is 1. The quantitative estimate of drug-likeness (QED) is 0.569. The summed E-state index contributed by atoms with van der Waals surface area (Å²) >= 11 is 0. The van der Waals surface area contributed by atoms with E-state index in [0.717, 1.165) is 34.2 Å². The lowest BCUT2D eigenvalue weighted by atomic mass is 9.95. The molecule has 0 aliphatic heterocycles. The van der Waals surface area contributed by atoms with Gasteiger partial charge in [0.05, 0.1) is 6.54 Å². The van der Waals surface area contributed by atoms with Crippen LogP contribution in [0.5, 0.6) is 0 Å². The molecular weight excluding hydrogens is 376 g/mol. The van der Waals surface area contributed by atoms with E-state index in [9.17, 15) is 9.59 Å². The van der Waals surface area contributed by atoms with E-state index in [-0.39, 0.29) is 18.1 Å². The third-order valence-corrected chi connectivity index (χ3v) is 5.36. The second-order valence-electron chi connectivity index (χ2n) is 8.18. The van der Waals surface area contributed by atoms with Crippen molar-refractivity contribution in [3.63, 3.8) is 0 Å². The molecule has 0 radical (unpaired) electrons. The largest absolute Gasteiger partial charge is 0.423 e. The predicted octanol–water partition coefficient (Wildman–Crippen LogP) is 4.86. The molecule has 1 aromatic heterocycles. The van der Waals surface area contributed by atoms with Gasteiger partial charge in [0.15, 0.2) is 0 Å². The van der Waals surface area contributed by atoms with Crippen molar-refractivity contribution in [1.29, 1.82) is 0 Å². The molecule has 1 heterocycles. The summed E-state index contributed by atoms with van der Waals surface area (Å²) in [5, 5.41) is 3.92. The molecule has 1 amide bonds. The maximum atomic E-state index is 12.6. The number of nitrogens with zero attached hydrogens (tertiary/aromatic N) is 1. The standard InChI is InChI=1S/C25H30N2O3/c1-6-18-9-7-8-10-22(18)26-24(28)15-27(5)14-19-12-25(29)30-23-11-17(4)20(16(2)3)13-21(19)23/h7-13,16H,6,14-15H2,1-5H3,(H,26,28). The van der Waals surface area contributed by atoms with Crippen molar-refractivity contribution in [2.45, 2.75) is 46.6 Å². The summed E-state index contributed by atoms with van der Waals surface area (Å²) in [6.45, 7) is 9.10. The van der Waals surface area contributed by atoms with Crippen molar-refractivity contribution in [3.8, 4) is 0 Å². The summed E-state index contributed by atoms with van der Waals surface area (Å²) < 4.78 is 5.43. The molecule has 0 aliphatic rings. The zero-order valence-corrected chi connectivity index (χ0v) is 18.4. The summed E-state index contributed by atoms with van der Waals surface area (Å²) in [7, 11) is 1.88. The highest BCUT2D eigenvalue weighted by Gasteiger charge is 2.14. The van der Waals surface area contributed by atoms with E-state index in [1.54, 1.807) is 0 Å². The summed E-state index contributed by atoms with van der Waals surface area (Å²) in [5.41, 5.74) is 5.39. The van der Waals surface area contributed by atoms with Gasteiger partial charge in [0.25, 0.3) is 0 Å². The minimum absolute atomic E-state index is 0.0793. The average Bonchev–Trinajstić information content (AvgIpc) is 2.67. The minimum atomic E-state index is -0.371. The van der Waals surface area contributed by atoms with E-state index < -0.39 is 0 Å². The van der Waals surface area contributed by atoms with Gasteiger partial charge in [-0.1, -0.05) is 39.0 Å². The molecule has 0 fully saturated rings. The molecule has 0 bridgehead atoms. The van der Waals surface area contributed by atoms with Gasteiger partial charge in [-0.05, 0) is 66.8 Å². The number of hydrogen-bond acceptors (Lipinski definition) is 4. The molecule has 3 aromatic rings. The molecule has 5 nitrogen and oxygen atoms in total. The Morgan fingerprint density at radius 1 is 1.13 bits per heavy atom. The third kappa shape index (κ3) is 4.97. The fourth-order valence-corrected chi connectivity index (χ4v) is 3.88. The van der Waals surface area contributed by atoms with Gasteiger partial charge in [0.1, 0.15) is 5.58 Å². The zero-order valence-electron chi connectivity index (χ0n) is 18.4. The van der Waals surface area contributed by atoms with Crippen molar-refractivity contribution in [1.82, 2.24) is 4.90 Å². The van der Waals surface area contributed by atoms with E-state index in [1.807, 2.05) is 49.2 Å². The Bertz CT molecular complexity index is 1120. The monoisotopic (exact) mass is 406 g/mol. The van der Waals surface area contributed by atoms with Crippen LogP contribution in [0.1, 0.15) is 48.9 Å². The Morgan fingerprint density at radius 3 is 2.57 bits per heavy atom. The second-order valence-corrected chi connectivity index (χ2v) is 8.18. The summed E-state index contributed by atoms with van der Waals surface area (Å²) in [6, 6.07) is 13.4. The van der Waals surface area contributed by atoms with Crippen LogP contribution in [0.4, 0.5) is 5.69 Å². The van der Waals surface area contributed by atoms with Crippen molar-refractivity contribution in [3.05, 3.63) is 75.1 Å². The number of fused-ring (bicyclic) bond motifs is 1. The van der Waals surface area contributed by atoms with Crippen LogP contribution in [0.15, 0.2) is 51.7 Å². The number of benzene rings is 2. The van der Waals surface area contributed by atoms with Crippen LogP contribution in [0.3, 0.4) is 0 Å². The van der Waals surface area contributed by atoms with E-state index in [2.05, 4.69) is 32.2 Å². The molecule has 0 saturated carbocycles. The Kier molecular flexibility index (Phi) is 6.73. The number of hydrogen-bond donors (Lipinski definition) is 1. The lowest BCUT2D eigenvalue weighted by molar-refractivity contribution is -0.117. The first kappa shape index (κ1) is 21.8. The van der Waals surface area contributed by atoms with E-state index in [4.69, 9.17) is 4.42 Å². The van der Waals surface area contributed by atoms with E-state index in [0.29, 0.717) is 18.0 Å². The summed E-state index contributed by atoms with van der Waals surface area (Å²) in [5.74, 6) is 0.292. The molecular formula is C25H30N2O3. The van der Waals surface area contributed by atoms with Crippen molar-refractivity contribution < 1.29 is 9.21 Å². The molecule has 3 rings (SSSR count). The Morgan fingerprint density at radius 2 is 1.87 bits per heavy atom. The molecule has 1 N–H and O–H groups in total. The second kappa shape index (κ2) is 9.26. The lowest BCUT2D eigenvalue weighted by Crippen LogP contribution is -2.30. The highest BCUT2D eigenvalue weighted by Crippen LogP contribution is 2.27. The Hall–Kier alpha value is -2.92. The number of likely N-dealkylation sites (N-methyl/N-ethyl adjacent to an activating group) is 1. The Balaban J connectivity index is 1.80. The van der Waals surface area contributed by atoms with Gasteiger partial charge in [-0.15, -0.1) is 0 Å². The lowest BCUT2D eigenvalue weighted by Gasteiger charge is -2.19. The van der Waals surface area contributed by atoms with Crippen LogP contribution in [-0.2, 0) is 17.8 Å². The van der Waals surface area contributed by atoms with Crippen LogP contribution in [0.2, 0.25) is 0 Å². The summed E-state index contributed by atoms with van der Waals surface area (Å²) in [6.07, 6.45) is 0.857. The smallest absolute Gasteiger partial charge is 0.336 e. The maximum Gasteiger partial charge on any atom is 0.336 e. The molecule has 0 spiro atoms. The molecule has 2 aromatic carbocycles. The number of anilines is 1. The van der Waals surface area contributed by atoms with Gasteiger partial charge in [0, 0.05) is 23.7 Å². The minimum Gasteiger partial charge on any atom is -0.423 e. The van der Waals surface area contributed by atoms with Crippen LogP contribution >= 0.6 is 0 Å². The molecule has 30 heavy (non-hydrogen) atoms. The number of carbonyl (C=O) groups excluding carboxylic acids is 1. The maximum absolute atomic E-state index is 12.6. The van der Waals surface area contributed by atoms with E-state index in [1.165, 1.54) is 11.6 Å². The number of rotatable bonds is 7. The van der Waals surface area contributed by atoms with Crippen molar-refractivity contribution >= 4 is 22.6 Å². The third-order valence-electron chi connectivity index (χ3n) is 5.36. The first-order chi connectivity index (χ1) is 14.3. The van der Waals surface area contributed by atoms with Gasteiger partial charge in [-0.3, -0.25) is 9.69 Å². The van der Waals surface area contributed by atoms with Gasteiger partial charge in [-0.2, -0.15) is 0 Å². The van der Waals surface area contributed by atoms with Crippen LogP contribution in [0, 0.1) is 6.92 Å². The fraction of sp³-hybridized carbons (Fsp3) is 0.360. The molecule has 158 valence electrons. The number of carbonyl (C=O) groups is 1.